The lowest BCUT2D eigenvalue weighted by Crippen LogP contribution is -2.39. The number of hydrogen-bond acceptors (Lipinski definition) is 3. The summed E-state index contributed by atoms with van der Waals surface area (Å²) in [5, 5.41) is 0.655. The first-order valence-electron chi connectivity index (χ1n) is 8.04. The van der Waals surface area contributed by atoms with Crippen molar-refractivity contribution in [3.05, 3.63) is 60.4 Å². The van der Waals surface area contributed by atoms with E-state index in [1.54, 1.807) is 23.7 Å². The van der Waals surface area contributed by atoms with Crippen LogP contribution in [-0.4, -0.2) is 18.7 Å². The Morgan fingerprint density at radius 1 is 1.16 bits per heavy atom. The van der Waals surface area contributed by atoms with Crippen LogP contribution in [0.2, 0.25) is 5.02 Å². The molecule has 0 unspecified atom stereocenters. The van der Waals surface area contributed by atoms with E-state index in [-0.39, 0.29) is 11.2 Å². The summed E-state index contributed by atoms with van der Waals surface area (Å²) in [6, 6.07) is 7.41. The predicted molar refractivity (Wildman–Crippen MR) is 102 cm³/mol. The van der Waals surface area contributed by atoms with Crippen LogP contribution in [-0.2, 0) is 20.1 Å². The van der Waals surface area contributed by atoms with Crippen molar-refractivity contribution >= 4 is 38.7 Å². The molecule has 0 bridgehead atoms. The van der Waals surface area contributed by atoms with Gasteiger partial charge in [-0.1, -0.05) is 37.1 Å². The van der Waals surface area contributed by atoms with Crippen LogP contribution < -0.4 is 11.2 Å². The highest BCUT2D eigenvalue weighted by Gasteiger charge is 2.19. The van der Waals surface area contributed by atoms with Crippen LogP contribution in [0.15, 0.2) is 38.6 Å². The number of rotatable bonds is 5. The highest BCUT2D eigenvalue weighted by Crippen LogP contribution is 2.19. The maximum Gasteiger partial charge on any atom is 0.332 e. The summed E-state index contributed by atoms with van der Waals surface area (Å²) in [4.78, 5) is 29.8. The summed E-state index contributed by atoms with van der Waals surface area (Å²) in [5.41, 5.74) is 1.13. The van der Waals surface area contributed by atoms with Crippen molar-refractivity contribution in [3.63, 3.8) is 0 Å². The van der Waals surface area contributed by atoms with Crippen LogP contribution in [0.5, 0.6) is 0 Å². The molecule has 2 aromatic heterocycles. The van der Waals surface area contributed by atoms with E-state index in [4.69, 9.17) is 11.6 Å². The van der Waals surface area contributed by atoms with Crippen molar-refractivity contribution in [1.29, 1.82) is 0 Å². The van der Waals surface area contributed by atoms with E-state index in [1.807, 2.05) is 19.1 Å². The fourth-order valence-corrected chi connectivity index (χ4v) is 3.37. The molecule has 0 amide bonds. The maximum atomic E-state index is 12.9. The molecule has 3 aromatic rings. The Morgan fingerprint density at radius 2 is 1.84 bits per heavy atom. The average Bonchev–Trinajstić information content (AvgIpc) is 2.92. The lowest BCUT2D eigenvalue weighted by atomic mass is 10.2. The van der Waals surface area contributed by atoms with Crippen LogP contribution in [0, 0.1) is 0 Å². The van der Waals surface area contributed by atoms with Gasteiger partial charge in [0.15, 0.2) is 15.9 Å². The molecule has 0 saturated carbocycles. The molecule has 8 heteroatoms. The Hall–Kier alpha value is -1.86. The quantitative estimate of drug-likeness (QED) is 0.590. The minimum absolute atomic E-state index is 0.307. The molecule has 1 aromatic carbocycles. The van der Waals surface area contributed by atoms with Gasteiger partial charge in [-0.15, -0.1) is 0 Å². The first-order chi connectivity index (χ1) is 11.9. The van der Waals surface area contributed by atoms with Crippen molar-refractivity contribution in [2.24, 2.45) is 7.05 Å². The Morgan fingerprint density at radius 3 is 2.48 bits per heavy atom. The van der Waals surface area contributed by atoms with E-state index in [2.05, 4.69) is 20.9 Å². The molecule has 0 aliphatic rings. The van der Waals surface area contributed by atoms with Crippen LogP contribution in [0.4, 0.5) is 0 Å². The monoisotopic (exact) mass is 424 g/mol. The normalized spacial score (nSPS) is 11.4. The third-order valence-corrected chi connectivity index (χ3v) is 5.03. The van der Waals surface area contributed by atoms with Crippen LogP contribution in [0.25, 0.3) is 11.2 Å². The van der Waals surface area contributed by atoms with Crippen LogP contribution in [0.1, 0.15) is 25.3 Å². The Labute approximate surface area is 157 Å². The summed E-state index contributed by atoms with van der Waals surface area (Å²) in [5.74, 6) is 0. The Balaban J connectivity index is 2.20. The maximum absolute atomic E-state index is 12.9. The fraction of sp³-hybridized carbons (Fsp3) is 0.353. The van der Waals surface area contributed by atoms with Gasteiger partial charge in [-0.25, -0.2) is 9.78 Å². The lowest BCUT2D eigenvalue weighted by molar-refractivity contribution is 0.565. The number of benzene rings is 1. The second-order valence-corrected chi connectivity index (χ2v) is 7.06. The zero-order valence-corrected chi connectivity index (χ0v) is 16.3. The number of hydrogen-bond donors (Lipinski definition) is 0. The standard InChI is InChI=1S/C17H18BrClN4O2/c1-3-4-9-22-15(24)13-14(21(2)17(22)25)20-16(18)23(13)10-11-5-7-12(19)8-6-11/h5-8H,3-4,9-10H2,1-2H3. The molecule has 0 fully saturated rings. The molecular weight excluding hydrogens is 408 g/mol. The molecule has 0 saturated heterocycles. The van der Waals surface area contributed by atoms with Gasteiger partial charge in [0.05, 0.1) is 6.54 Å². The lowest BCUT2D eigenvalue weighted by Gasteiger charge is -2.10. The number of nitrogens with zero attached hydrogens (tertiary/aromatic N) is 4. The SMILES string of the molecule is CCCCn1c(=O)c2c(nc(Br)n2Cc2ccc(Cl)cc2)n(C)c1=O. The number of aromatic nitrogens is 4. The molecule has 6 nitrogen and oxygen atoms in total. The topological polar surface area (TPSA) is 61.8 Å². The van der Waals surface area contributed by atoms with Gasteiger partial charge in [0.2, 0.25) is 0 Å². The minimum Gasteiger partial charge on any atom is -0.308 e. The van der Waals surface area contributed by atoms with Gasteiger partial charge in [-0.3, -0.25) is 13.9 Å². The number of fused-ring (bicyclic) bond motifs is 1. The predicted octanol–water partition coefficient (Wildman–Crippen LogP) is 3.16. The van der Waals surface area contributed by atoms with Crippen molar-refractivity contribution in [1.82, 2.24) is 18.7 Å². The van der Waals surface area contributed by atoms with Crippen molar-refractivity contribution in [2.75, 3.05) is 0 Å². The van der Waals surface area contributed by atoms with Gasteiger partial charge >= 0.3 is 5.69 Å². The summed E-state index contributed by atoms with van der Waals surface area (Å²) in [7, 11) is 1.64. The minimum atomic E-state index is -0.338. The summed E-state index contributed by atoms with van der Waals surface area (Å²) in [6.45, 7) is 2.88. The second-order valence-electron chi connectivity index (χ2n) is 5.92. The third-order valence-electron chi connectivity index (χ3n) is 4.18. The van der Waals surface area contributed by atoms with Crippen LogP contribution >= 0.6 is 27.5 Å². The van der Waals surface area contributed by atoms with E-state index in [9.17, 15) is 9.59 Å². The molecule has 0 radical (unpaired) electrons. The largest absolute Gasteiger partial charge is 0.332 e. The van der Waals surface area contributed by atoms with E-state index in [0.29, 0.717) is 34.0 Å². The van der Waals surface area contributed by atoms with E-state index >= 15 is 0 Å². The number of unbranched alkanes of at least 4 members (excludes halogenated alkanes) is 1. The molecule has 132 valence electrons. The Bertz CT molecular complexity index is 1030. The number of halogens is 2. The van der Waals surface area contributed by atoms with E-state index < -0.39 is 0 Å². The molecule has 0 spiro atoms. The molecule has 25 heavy (non-hydrogen) atoms. The van der Waals surface area contributed by atoms with Gasteiger partial charge in [0, 0.05) is 18.6 Å². The molecule has 0 aliphatic heterocycles. The van der Waals surface area contributed by atoms with Gasteiger partial charge in [0.25, 0.3) is 5.56 Å². The smallest absolute Gasteiger partial charge is 0.308 e. The van der Waals surface area contributed by atoms with Crippen molar-refractivity contribution < 1.29 is 0 Å². The second kappa shape index (κ2) is 7.17. The molecule has 0 N–H and O–H groups in total. The van der Waals surface area contributed by atoms with E-state index in [1.165, 1.54) is 9.13 Å². The first-order valence-corrected chi connectivity index (χ1v) is 9.21. The van der Waals surface area contributed by atoms with Gasteiger partial charge < -0.3 is 4.57 Å². The zero-order chi connectivity index (χ0) is 18.1. The first kappa shape index (κ1) is 17.9. The highest BCUT2D eigenvalue weighted by atomic mass is 79.9. The Kier molecular flexibility index (Phi) is 5.15. The van der Waals surface area contributed by atoms with E-state index in [0.717, 1.165) is 18.4 Å². The van der Waals surface area contributed by atoms with Crippen LogP contribution in [0.3, 0.4) is 0 Å². The number of imidazole rings is 1. The van der Waals surface area contributed by atoms with Crippen molar-refractivity contribution in [3.8, 4) is 0 Å². The van der Waals surface area contributed by atoms with Gasteiger partial charge in [0.1, 0.15) is 0 Å². The molecule has 2 heterocycles. The number of aryl methyl sites for hydroxylation is 1. The summed E-state index contributed by atoms with van der Waals surface area (Å²) < 4.78 is 5.01. The zero-order valence-electron chi connectivity index (χ0n) is 14.0. The summed E-state index contributed by atoms with van der Waals surface area (Å²) in [6.07, 6.45) is 1.68. The average molecular weight is 426 g/mol. The highest BCUT2D eigenvalue weighted by molar-refractivity contribution is 9.10. The molecule has 0 atom stereocenters. The van der Waals surface area contributed by atoms with Crippen molar-refractivity contribution in [2.45, 2.75) is 32.9 Å². The molecule has 3 rings (SSSR count). The fourth-order valence-electron chi connectivity index (χ4n) is 2.78. The summed E-state index contributed by atoms with van der Waals surface area (Å²) >= 11 is 9.35. The molecular formula is C17H18BrClN4O2. The van der Waals surface area contributed by atoms with Gasteiger partial charge in [-0.05, 0) is 40.0 Å². The van der Waals surface area contributed by atoms with Gasteiger partial charge in [-0.2, -0.15) is 0 Å². The molecule has 0 aliphatic carbocycles. The third kappa shape index (κ3) is 3.30.